The van der Waals surface area contributed by atoms with Gasteiger partial charge in [0.05, 0.1) is 6.42 Å². The van der Waals surface area contributed by atoms with Crippen molar-refractivity contribution in [1.82, 2.24) is 20.5 Å². The number of phosphoric ester groups is 1. The van der Waals surface area contributed by atoms with Gasteiger partial charge in [-0.3, -0.25) is 33.8 Å². The van der Waals surface area contributed by atoms with Gasteiger partial charge in [0.25, 0.3) is 0 Å². The van der Waals surface area contributed by atoms with Crippen LogP contribution in [0.2, 0.25) is 0 Å². The van der Waals surface area contributed by atoms with Crippen LogP contribution in [0.3, 0.4) is 0 Å². The fourth-order valence-corrected chi connectivity index (χ4v) is 6.41. The van der Waals surface area contributed by atoms with Crippen molar-refractivity contribution in [3.8, 4) is 5.75 Å². The number of phosphoric acid groups is 1. The molecule has 1 saturated carbocycles. The Kier molecular flexibility index (Phi) is 11.6. The van der Waals surface area contributed by atoms with Crippen molar-refractivity contribution in [2.75, 3.05) is 0 Å². The summed E-state index contributed by atoms with van der Waals surface area (Å²) in [5, 5.41) is 9.11. The fraction of sp³-hybridized carbons (Fsp3) is 0.406. The number of nitrogens with two attached hydrogens (primary N) is 2. The van der Waals surface area contributed by atoms with Crippen LogP contribution >= 0.6 is 7.82 Å². The summed E-state index contributed by atoms with van der Waals surface area (Å²) >= 11 is 0. The molecule has 1 aliphatic rings. The largest absolute Gasteiger partial charge is 0.524 e. The molecular formula is C32H41N6O9P. The summed E-state index contributed by atoms with van der Waals surface area (Å²) in [6.07, 6.45) is 4.33. The molecule has 0 bridgehead atoms. The zero-order chi connectivity index (χ0) is 35.1. The topological polar surface area (TPSA) is 245 Å². The van der Waals surface area contributed by atoms with Crippen molar-refractivity contribution >= 4 is 48.3 Å². The van der Waals surface area contributed by atoms with Gasteiger partial charge in [0, 0.05) is 37.0 Å². The van der Waals surface area contributed by atoms with E-state index in [0.717, 1.165) is 22.9 Å². The fourth-order valence-electron chi connectivity index (χ4n) is 6.02. The van der Waals surface area contributed by atoms with Crippen molar-refractivity contribution in [1.29, 1.82) is 0 Å². The lowest BCUT2D eigenvalue weighted by molar-refractivity contribution is -0.138. The van der Waals surface area contributed by atoms with Gasteiger partial charge in [-0.25, -0.2) is 4.57 Å². The Morgan fingerprint density at radius 2 is 1.62 bits per heavy atom. The first-order valence-electron chi connectivity index (χ1n) is 15.5. The number of primary amides is 2. The predicted octanol–water partition coefficient (Wildman–Crippen LogP) is 0.975. The highest BCUT2D eigenvalue weighted by Crippen LogP contribution is 2.37. The molecular weight excluding hydrogens is 643 g/mol. The van der Waals surface area contributed by atoms with Crippen LogP contribution in [-0.2, 0) is 48.4 Å². The first kappa shape index (κ1) is 36.1. The monoisotopic (exact) mass is 684 g/mol. The number of nitrogens with one attached hydrogen (secondary N) is 3. The summed E-state index contributed by atoms with van der Waals surface area (Å²) in [5.74, 6) is -3.66. The third-order valence-corrected chi connectivity index (χ3v) is 8.85. The standard InChI is InChI=1S/C32H41N6O9P/c1-38-19-21(23-7-3-4-8-26(23)38)11-14-28(40)35-25(17-20-9-12-22(13-10-20)47-48(44,45)46)30(42)37-32(15-5-2-6-16-32)31(43)36-24(29(34)41)18-27(33)39/h3-4,7-10,12-13,19,24-25H,2,5-6,11,14-18H2,1H3,(H2,33,39)(H2,34,41)(H,35,40)(H,36,43)(H,37,42)(H2,44,45,46)/t24-,25-/m0/s1. The molecule has 258 valence electrons. The van der Waals surface area contributed by atoms with Crippen molar-refractivity contribution in [2.24, 2.45) is 18.5 Å². The lowest BCUT2D eigenvalue weighted by atomic mass is 9.80. The Balaban J connectivity index is 1.55. The Bertz CT molecular complexity index is 1710. The minimum absolute atomic E-state index is 0.0364. The molecule has 0 unspecified atom stereocenters. The second kappa shape index (κ2) is 15.5. The maximum atomic E-state index is 14.0. The molecule has 0 spiro atoms. The van der Waals surface area contributed by atoms with E-state index in [4.69, 9.17) is 21.3 Å². The summed E-state index contributed by atoms with van der Waals surface area (Å²) in [6.45, 7) is 0. The number of hydrogen-bond donors (Lipinski definition) is 7. The van der Waals surface area contributed by atoms with Gasteiger partial charge in [-0.2, -0.15) is 0 Å². The van der Waals surface area contributed by atoms with Crippen LogP contribution in [0, 0.1) is 0 Å². The van der Waals surface area contributed by atoms with Gasteiger partial charge in [0.1, 0.15) is 23.4 Å². The maximum absolute atomic E-state index is 14.0. The first-order valence-corrected chi connectivity index (χ1v) is 17.1. The summed E-state index contributed by atoms with van der Waals surface area (Å²) in [7, 11) is -2.87. The van der Waals surface area contributed by atoms with Crippen molar-refractivity contribution in [3.63, 3.8) is 0 Å². The summed E-state index contributed by atoms with van der Waals surface area (Å²) in [6, 6.07) is 10.9. The number of benzene rings is 2. The highest BCUT2D eigenvalue weighted by molar-refractivity contribution is 7.46. The molecule has 0 saturated heterocycles. The van der Waals surface area contributed by atoms with Crippen LogP contribution in [0.15, 0.2) is 54.7 Å². The van der Waals surface area contributed by atoms with Crippen LogP contribution < -0.4 is 31.9 Å². The van der Waals surface area contributed by atoms with Gasteiger partial charge >= 0.3 is 7.82 Å². The first-order chi connectivity index (χ1) is 22.7. The third kappa shape index (κ3) is 9.66. The van der Waals surface area contributed by atoms with E-state index in [1.165, 1.54) is 24.3 Å². The van der Waals surface area contributed by atoms with Crippen molar-refractivity contribution in [2.45, 2.75) is 75.4 Å². The van der Waals surface area contributed by atoms with Crippen molar-refractivity contribution < 1.29 is 42.8 Å². The SMILES string of the molecule is Cn1cc(CCC(=O)N[C@@H](Cc2ccc(OP(=O)(O)O)cc2)C(=O)NC2(C(=O)N[C@@H](CC(N)=O)C(N)=O)CCCCC2)c2ccccc21. The molecule has 3 aromatic rings. The number of carbonyl (C=O) groups excluding carboxylic acids is 5. The maximum Gasteiger partial charge on any atom is 0.524 e. The molecule has 9 N–H and O–H groups in total. The van der Waals surface area contributed by atoms with Crippen LogP contribution in [0.5, 0.6) is 5.75 Å². The molecule has 2 atom stereocenters. The van der Waals surface area contributed by atoms with Crippen LogP contribution in [0.25, 0.3) is 10.9 Å². The molecule has 0 aliphatic heterocycles. The third-order valence-electron chi connectivity index (χ3n) is 8.40. The smallest absolute Gasteiger partial charge is 0.404 e. The Morgan fingerprint density at radius 1 is 0.958 bits per heavy atom. The number of carbonyl (C=O) groups is 5. The minimum Gasteiger partial charge on any atom is -0.404 e. The number of nitrogens with zero attached hydrogens (tertiary/aromatic N) is 1. The van der Waals surface area contributed by atoms with Crippen LogP contribution in [0.4, 0.5) is 0 Å². The Hall–Kier alpha value is -4.72. The molecule has 1 aliphatic carbocycles. The van der Waals surface area contributed by atoms with E-state index in [2.05, 4.69) is 20.5 Å². The van der Waals surface area contributed by atoms with Gasteiger partial charge in [-0.15, -0.1) is 0 Å². The molecule has 16 heteroatoms. The van der Waals surface area contributed by atoms with Gasteiger partial charge < -0.3 is 36.5 Å². The van der Waals surface area contributed by atoms with E-state index >= 15 is 0 Å². The average Bonchev–Trinajstić information content (AvgIpc) is 3.34. The lowest BCUT2D eigenvalue weighted by Crippen LogP contribution is -2.65. The van der Waals surface area contributed by atoms with E-state index in [1.807, 2.05) is 42.1 Å². The summed E-state index contributed by atoms with van der Waals surface area (Å²) < 4.78 is 17.8. The van der Waals surface area contributed by atoms with E-state index in [-0.39, 0.29) is 31.4 Å². The molecule has 1 heterocycles. The van der Waals surface area contributed by atoms with Gasteiger partial charge in [-0.1, -0.05) is 49.6 Å². The zero-order valence-corrected chi connectivity index (χ0v) is 27.4. The number of aromatic nitrogens is 1. The number of fused-ring (bicyclic) bond motifs is 1. The Morgan fingerprint density at radius 3 is 2.25 bits per heavy atom. The second-order valence-corrected chi connectivity index (χ2v) is 13.2. The van der Waals surface area contributed by atoms with E-state index in [0.29, 0.717) is 24.8 Å². The molecule has 1 fully saturated rings. The molecule has 2 aromatic carbocycles. The number of hydrogen-bond acceptors (Lipinski definition) is 7. The predicted molar refractivity (Wildman–Crippen MR) is 175 cm³/mol. The number of para-hydroxylation sites is 1. The van der Waals surface area contributed by atoms with E-state index < -0.39 is 61.4 Å². The van der Waals surface area contributed by atoms with Gasteiger partial charge in [0.2, 0.25) is 29.5 Å². The number of aryl methyl sites for hydroxylation is 2. The molecule has 4 rings (SSSR count). The van der Waals surface area contributed by atoms with Gasteiger partial charge in [0.15, 0.2) is 0 Å². The molecule has 15 nitrogen and oxygen atoms in total. The lowest BCUT2D eigenvalue weighted by Gasteiger charge is -2.38. The second-order valence-electron chi connectivity index (χ2n) is 12.1. The molecule has 0 radical (unpaired) electrons. The minimum atomic E-state index is -4.79. The highest BCUT2D eigenvalue weighted by atomic mass is 31.2. The van der Waals surface area contributed by atoms with E-state index in [9.17, 15) is 28.5 Å². The summed E-state index contributed by atoms with van der Waals surface area (Å²) in [4.78, 5) is 82.6. The average molecular weight is 685 g/mol. The molecule has 5 amide bonds. The molecule has 1 aromatic heterocycles. The zero-order valence-electron chi connectivity index (χ0n) is 26.5. The van der Waals surface area contributed by atoms with Crippen LogP contribution in [0.1, 0.15) is 56.1 Å². The highest BCUT2D eigenvalue weighted by Gasteiger charge is 2.43. The van der Waals surface area contributed by atoms with E-state index in [1.54, 1.807) is 0 Å². The van der Waals surface area contributed by atoms with Crippen LogP contribution in [-0.4, -0.2) is 61.5 Å². The molecule has 48 heavy (non-hydrogen) atoms. The van der Waals surface area contributed by atoms with Crippen molar-refractivity contribution in [3.05, 3.63) is 65.9 Å². The Labute approximate surface area is 277 Å². The quantitative estimate of drug-likeness (QED) is 0.113. The normalized spacial score (nSPS) is 15.6. The van der Waals surface area contributed by atoms with Gasteiger partial charge in [-0.05, 0) is 48.6 Å². The summed E-state index contributed by atoms with van der Waals surface area (Å²) in [5.41, 5.74) is 11.7. The number of rotatable bonds is 15. The number of amides is 5.